The molecule has 0 unspecified atom stereocenters. The van der Waals surface area contributed by atoms with Gasteiger partial charge in [0.2, 0.25) is 0 Å². The molecule has 3 rings (SSSR count). The molecule has 1 aromatic heterocycles. The summed E-state index contributed by atoms with van der Waals surface area (Å²) in [5.41, 5.74) is 0.503. The molecule has 162 valence electrons. The van der Waals surface area contributed by atoms with Gasteiger partial charge in [-0.3, -0.25) is 4.79 Å². The Morgan fingerprint density at radius 3 is 2.83 bits per heavy atom. The molecule has 1 N–H and O–H groups in total. The van der Waals surface area contributed by atoms with E-state index in [0.717, 1.165) is 5.56 Å². The molecule has 1 aliphatic heterocycles. The van der Waals surface area contributed by atoms with Gasteiger partial charge < -0.3 is 19.7 Å². The Bertz CT molecular complexity index is 929. The number of hydrogen-bond donors (Lipinski definition) is 1. The number of aromatic nitrogens is 1. The summed E-state index contributed by atoms with van der Waals surface area (Å²) in [7, 11) is 0. The molecule has 0 radical (unpaired) electrons. The number of halogens is 2. The van der Waals surface area contributed by atoms with Crippen molar-refractivity contribution in [2.75, 3.05) is 26.2 Å². The quantitative estimate of drug-likeness (QED) is 0.710. The number of morpholine rings is 1. The molecule has 7 nitrogen and oxygen atoms in total. The van der Waals surface area contributed by atoms with Crippen molar-refractivity contribution in [2.24, 2.45) is 0 Å². The van der Waals surface area contributed by atoms with Gasteiger partial charge in [0, 0.05) is 35.6 Å². The summed E-state index contributed by atoms with van der Waals surface area (Å²) in [5, 5.41) is 6.07. The first-order valence-corrected chi connectivity index (χ1v) is 11.0. The van der Waals surface area contributed by atoms with Crippen LogP contribution in [0.3, 0.4) is 0 Å². The number of carbonyl (C=O) groups excluding carboxylic acids is 2. The minimum absolute atomic E-state index is 0.187. The standard InChI is InChI=1S/C20H23Cl2N3O4S/c1-20(2,3)29-19(27)23-9-13-10-25(6-7-28-13)18(26)16-11-30-17(24-16)14-5-4-12(21)8-15(14)22/h4-5,8,11,13H,6-7,9-10H2,1-3H3,(H,23,27)/t13-/m0/s1. The van der Waals surface area contributed by atoms with Crippen LogP contribution in [0.2, 0.25) is 10.0 Å². The molecule has 0 bridgehead atoms. The second-order valence-electron chi connectivity index (χ2n) is 7.79. The predicted octanol–water partition coefficient (Wildman–Crippen LogP) is 4.48. The number of amides is 2. The van der Waals surface area contributed by atoms with Gasteiger partial charge in [0.1, 0.15) is 16.3 Å². The topological polar surface area (TPSA) is 80.8 Å². The van der Waals surface area contributed by atoms with Gasteiger partial charge in [-0.15, -0.1) is 11.3 Å². The molecule has 1 fully saturated rings. The minimum Gasteiger partial charge on any atom is -0.444 e. The fourth-order valence-corrected chi connectivity index (χ4v) is 4.25. The number of nitrogens with zero attached hydrogens (tertiary/aromatic N) is 2. The molecule has 0 spiro atoms. The van der Waals surface area contributed by atoms with Gasteiger partial charge in [-0.2, -0.15) is 0 Å². The van der Waals surface area contributed by atoms with E-state index in [2.05, 4.69) is 10.3 Å². The minimum atomic E-state index is -0.575. The highest BCUT2D eigenvalue weighted by atomic mass is 35.5. The second-order valence-corrected chi connectivity index (χ2v) is 9.49. The molecule has 2 amide bonds. The van der Waals surface area contributed by atoms with E-state index in [1.807, 2.05) is 0 Å². The third-order valence-electron chi connectivity index (χ3n) is 4.18. The number of nitrogens with one attached hydrogen (secondary N) is 1. The predicted molar refractivity (Wildman–Crippen MR) is 117 cm³/mol. The highest BCUT2D eigenvalue weighted by Gasteiger charge is 2.27. The van der Waals surface area contributed by atoms with Crippen LogP contribution in [-0.2, 0) is 9.47 Å². The number of carbonyl (C=O) groups is 2. The van der Waals surface area contributed by atoms with Crippen molar-refractivity contribution in [3.63, 3.8) is 0 Å². The fourth-order valence-electron chi connectivity index (χ4n) is 2.86. The normalized spacial score (nSPS) is 17.0. The Kier molecular flexibility index (Phi) is 7.23. The Hall–Kier alpha value is -1.87. The Balaban J connectivity index is 1.60. The largest absolute Gasteiger partial charge is 0.444 e. The van der Waals surface area contributed by atoms with E-state index >= 15 is 0 Å². The lowest BCUT2D eigenvalue weighted by molar-refractivity contribution is -0.0220. The highest BCUT2D eigenvalue weighted by Crippen LogP contribution is 2.32. The maximum absolute atomic E-state index is 12.9. The van der Waals surface area contributed by atoms with Crippen molar-refractivity contribution in [3.05, 3.63) is 39.3 Å². The summed E-state index contributed by atoms with van der Waals surface area (Å²) in [6.07, 6.45) is -0.836. The van der Waals surface area contributed by atoms with Crippen molar-refractivity contribution in [1.82, 2.24) is 15.2 Å². The van der Waals surface area contributed by atoms with Crippen LogP contribution in [0, 0.1) is 0 Å². The van der Waals surface area contributed by atoms with E-state index in [4.69, 9.17) is 32.7 Å². The summed E-state index contributed by atoms with van der Waals surface area (Å²) in [6, 6.07) is 5.16. The lowest BCUT2D eigenvalue weighted by Crippen LogP contribution is -2.50. The first-order chi connectivity index (χ1) is 14.1. The molecule has 30 heavy (non-hydrogen) atoms. The van der Waals surface area contributed by atoms with Crippen molar-refractivity contribution in [1.29, 1.82) is 0 Å². The van der Waals surface area contributed by atoms with Gasteiger partial charge >= 0.3 is 6.09 Å². The number of ether oxygens (including phenoxy) is 2. The molecule has 0 saturated carbocycles. The second kappa shape index (κ2) is 9.51. The number of benzene rings is 1. The van der Waals surface area contributed by atoms with Gasteiger partial charge in [-0.1, -0.05) is 23.2 Å². The zero-order valence-corrected chi connectivity index (χ0v) is 19.2. The van der Waals surface area contributed by atoms with Gasteiger partial charge in [0.05, 0.1) is 17.7 Å². The van der Waals surface area contributed by atoms with E-state index < -0.39 is 11.7 Å². The van der Waals surface area contributed by atoms with Crippen molar-refractivity contribution in [2.45, 2.75) is 32.5 Å². The van der Waals surface area contributed by atoms with E-state index in [0.29, 0.717) is 40.4 Å². The summed E-state index contributed by atoms with van der Waals surface area (Å²) < 4.78 is 10.9. The average Bonchev–Trinajstić information content (AvgIpc) is 3.14. The van der Waals surface area contributed by atoms with Crippen LogP contribution in [0.4, 0.5) is 4.79 Å². The molecular weight excluding hydrogens is 449 g/mol. The SMILES string of the molecule is CC(C)(C)OC(=O)NC[C@H]1CN(C(=O)c2csc(-c3ccc(Cl)cc3Cl)n2)CCO1. The monoisotopic (exact) mass is 471 g/mol. The van der Waals surface area contributed by atoms with Crippen LogP contribution < -0.4 is 5.32 Å². The molecule has 1 aromatic carbocycles. The molecule has 1 saturated heterocycles. The van der Waals surface area contributed by atoms with E-state index in [-0.39, 0.29) is 18.6 Å². The zero-order valence-electron chi connectivity index (χ0n) is 16.9. The Morgan fingerprint density at radius 2 is 2.13 bits per heavy atom. The van der Waals surface area contributed by atoms with Gasteiger partial charge in [0.25, 0.3) is 5.91 Å². The third kappa shape index (κ3) is 6.07. The van der Waals surface area contributed by atoms with Crippen LogP contribution in [0.1, 0.15) is 31.3 Å². The highest BCUT2D eigenvalue weighted by molar-refractivity contribution is 7.13. The van der Waals surface area contributed by atoms with Gasteiger partial charge in [-0.25, -0.2) is 9.78 Å². The zero-order chi connectivity index (χ0) is 21.9. The molecule has 10 heteroatoms. The summed E-state index contributed by atoms with van der Waals surface area (Å²) in [6.45, 7) is 6.82. The smallest absolute Gasteiger partial charge is 0.407 e. The molecule has 1 atom stereocenters. The molecule has 2 aromatic rings. The lowest BCUT2D eigenvalue weighted by Gasteiger charge is -2.32. The van der Waals surface area contributed by atoms with Gasteiger partial charge in [0.15, 0.2) is 0 Å². The van der Waals surface area contributed by atoms with Crippen LogP contribution >= 0.6 is 34.5 Å². The molecular formula is C20H23Cl2N3O4S. The molecule has 0 aliphatic carbocycles. The molecule has 1 aliphatic rings. The number of hydrogen-bond acceptors (Lipinski definition) is 6. The van der Waals surface area contributed by atoms with Crippen molar-refractivity contribution >= 4 is 46.5 Å². The van der Waals surface area contributed by atoms with Crippen LogP contribution in [-0.4, -0.2) is 59.8 Å². The van der Waals surface area contributed by atoms with E-state index in [9.17, 15) is 9.59 Å². The Labute approximate surface area is 189 Å². The van der Waals surface area contributed by atoms with E-state index in [1.54, 1.807) is 49.3 Å². The Morgan fingerprint density at radius 1 is 1.37 bits per heavy atom. The lowest BCUT2D eigenvalue weighted by atomic mass is 10.2. The van der Waals surface area contributed by atoms with E-state index in [1.165, 1.54) is 11.3 Å². The van der Waals surface area contributed by atoms with Crippen LogP contribution in [0.15, 0.2) is 23.6 Å². The summed E-state index contributed by atoms with van der Waals surface area (Å²) in [5.74, 6) is -0.187. The number of alkyl carbamates (subject to hydrolysis) is 1. The van der Waals surface area contributed by atoms with Crippen LogP contribution in [0.25, 0.3) is 10.6 Å². The number of rotatable bonds is 4. The number of thiazole rings is 1. The third-order valence-corrected chi connectivity index (χ3v) is 5.61. The summed E-state index contributed by atoms with van der Waals surface area (Å²) in [4.78, 5) is 30.9. The van der Waals surface area contributed by atoms with Crippen LogP contribution in [0.5, 0.6) is 0 Å². The summed E-state index contributed by atoms with van der Waals surface area (Å²) >= 11 is 13.5. The molecule has 2 heterocycles. The maximum atomic E-state index is 12.9. The first kappa shape index (κ1) is 22.8. The van der Waals surface area contributed by atoms with Crippen molar-refractivity contribution < 1.29 is 19.1 Å². The first-order valence-electron chi connectivity index (χ1n) is 9.41. The fraction of sp³-hybridized carbons (Fsp3) is 0.450. The van der Waals surface area contributed by atoms with Crippen molar-refractivity contribution in [3.8, 4) is 10.6 Å². The maximum Gasteiger partial charge on any atom is 0.407 e. The van der Waals surface area contributed by atoms with Gasteiger partial charge in [-0.05, 0) is 39.0 Å². The average molecular weight is 472 g/mol.